The van der Waals surface area contributed by atoms with Crippen molar-refractivity contribution in [2.45, 2.75) is 70.3 Å². The average molecular weight is 439 g/mol. The van der Waals surface area contributed by atoms with Crippen LogP contribution in [0, 0.1) is 0 Å². The molecule has 1 aromatic carbocycles. The molecule has 0 saturated heterocycles. The van der Waals surface area contributed by atoms with Gasteiger partial charge < -0.3 is 20.1 Å². The van der Waals surface area contributed by atoms with Crippen LogP contribution in [0.5, 0.6) is 0 Å². The van der Waals surface area contributed by atoms with Gasteiger partial charge >= 0.3 is 0 Å². The molecule has 1 saturated carbocycles. The maximum absolute atomic E-state index is 12.3. The molecule has 0 bridgehead atoms. The van der Waals surface area contributed by atoms with E-state index in [0.29, 0.717) is 31.1 Å². The quantitative estimate of drug-likeness (QED) is 0.464. The summed E-state index contributed by atoms with van der Waals surface area (Å²) in [5.41, 5.74) is 1.34. The Morgan fingerprint density at radius 3 is 2.62 bits per heavy atom. The van der Waals surface area contributed by atoms with Crippen molar-refractivity contribution in [2.24, 2.45) is 0 Å². The smallest absolute Gasteiger partial charge is 0.227 e. The van der Waals surface area contributed by atoms with Gasteiger partial charge in [-0.05, 0) is 25.0 Å². The topological polar surface area (TPSA) is 126 Å². The van der Waals surface area contributed by atoms with E-state index in [4.69, 9.17) is 4.52 Å². The number of rotatable bonds is 8. The molecule has 9 nitrogen and oxygen atoms in total. The largest absolute Gasteiger partial charge is 0.356 e. The average Bonchev–Trinajstić information content (AvgIpc) is 3.35. The molecule has 0 atom stereocenters. The Kier molecular flexibility index (Phi) is 6.82. The number of aryl methyl sites for hydroxylation is 1. The number of nitrogens with one attached hydrogen (secondary N) is 3. The number of imidazole rings is 1. The SMILES string of the molecule is CC(=O)NC1(c2noc(CCC(=O)NCCc3nc4ccccc4[nH]3)n2)CCCCCC1. The van der Waals surface area contributed by atoms with Crippen LogP contribution in [0.2, 0.25) is 0 Å². The molecule has 4 rings (SSSR count). The summed E-state index contributed by atoms with van der Waals surface area (Å²) >= 11 is 0. The zero-order valence-electron chi connectivity index (χ0n) is 18.4. The molecule has 3 N–H and O–H groups in total. The fourth-order valence-electron chi connectivity index (χ4n) is 4.38. The number of carbonyl (C=O) groups is 2. The van der Waals surface area contributed by atoms with Crippen LogP contribution in [-0.4, -0.2) is 38.5 Å². The molecule has 32 heavy (non-hydrogen) atoms. The molecule has 1 fully saturated rings. The first-order valence-corrected chi connectivity index (χ1v) is 11.4. The monoisotopic (exact) mass is 438 g/mol. The van der Waals surface area contributed by atoms with Gasteiger partial charge in [-0.25, -0.2) is 4.98 Å². The Morgan fingerprint density at radius 1 is 1.09 bits per heavy atom. The molecule has 2 amide bonds. The van der Waals surface area contributed by atoms with Gasteiger partial charge in [0.2, 0.25) is 17.7 Å². The van der Waals surface area contributed by atoms with Gasteiger partial charge in [0.15, 0.2) is 5.82 Å². The summed E-state index contributed by atoms with van der Waals surface area (Å²) in [6, 6.07) is 7.85. The lowest BCUT2D eigenvalue weighted by molar-refractivity contribution is -0.122. The highest BCUT2D eigenvalue weighted by molar-refractivity contribution is 5.76. The van der Waals surface area contributed by atoms with E-state index in [2.05, 4.69) is 30.7 Å². The first-order chi connectivity index (χ1) is 15.5. The zero-order valence-corrected chi connectivity index (χ0v) is 18.4. The van der Waals surface area contributed by atoms with Gasteiger partial charge in [0.1, 0.15) is 11.4 Å². The third-order valence-corrected chi connectivity index (χ3v) is 5.96. The van der Waals surface area contributed by atoms with Crippen LogP contribution >= 0.6 is 0 Å². The van der Waals surface area contributed by atoms with E-state index in [1.54, 1.807) is 0 Å². The molecule has 0 unspecified atom stereocenters. The number of benzene rings is 1. The predicted octanol–water partition coefficient (Wildman–Crippen LogP) is 2.92. The highest BCUT2D eigenvalue weighted by Gasteiger charge is 2.38. The van der Waals surface area contributed by atoms with Crippen LogP contribution in [-0.2, 0) is 28.0 Å². The lowest BCUT2D eigenvalue weighted by Crippen LogP contribution is -2.45. The maximum Gasteiger partial charge on any atom is 0.227 e. The molecule has 2 aromatic heterocycles. The summed E-state index contributed by atoms with van der Waals surface area (Å²) in [5, 5.41) is 10.1. The van der Waals surface area contributed by atoms with Crippen molar-refractivity contribution in [3.05, 3.63) is 41.8 Å². The van der Waals surface area contributed by atoms with Crippen LogP contribution < -0.4 is 10.6 Å². The van der Waals surface area contributed by atoms with Gasteiger partial charge in [-0.1, -0.05) is 43.0 Å². The zero-order chi connectivity index (χ0) is 22.4. The van der Waals surface area contributed by atoms with Crippen molar-refractivity contribution in [3.8, 4) is 0 Å². The van der Waals surface area contributed by atoms with E-state index in [9.17, 15) is 9.59 Å². The van der Waals surface area contributed by atoms with Crippen LogP contribution in [0.15, 0.2) is 28.8 Å². The van der Waals surface area contributed by atoms with Gasteiger partial charge in [-0.3, -0.25) is 9.59 Å². The summed E-state index contributed by atoms with van der Waals surface area (Å²) in [6.45, 7) is 2.02. The summed E-state index contributed by atoms with van der Waals surface area (Å²) in [4.78, 5) is 36.4. The summed E-state index contributed by atoms with van der Waals surface area (Å²) in [6.07, 6.45) is 7.15. The second-order valence-corrected chi connectivity index (χ2v) is 8.49. The van der Waals surface area contributed by atoms with Crippen LogP contribution in [0.25, 0.3) is 11.0 Å². The number of hydrogen-bond acceptors (Lipinski definition) is 6. The number of H-pyrrole nitrogens is 1. The molecule has 1 aliphatic carbocycles. The number of fused-ring (bicyclic) bond motifs is 1. The molecule has 3 aromatic rings. The fourth-order valence-corrected chi connectivity index (χ4v) is 4.38. The van der Waals surface area contributed by atoms with Crippen molar-refractivity contribution in [2.75, 3.05) is 6.54 Å². The minimum absolute atomic E-state index is 0.0769. The molecule has 9 heteroatoms. The number of aromatic amines is 1. The van der Waals surface area contributed by atoms with Gasteiger partial charge in [0.25, 0.3) is 0 Å². The fraction of sp³-hybridized carbons (Fsp3) is 0.522. The van der Waals surface area contributed by atoms with E-state index in [0.717, 1.165) is 55.4 Å². The standard InChI is InChI=1S/C23H30N6O3/c1-16(30)28-23(13-6-2-3-7-14-23)22-27-21(32-29-22)11-10-20(31)24-15-12-19-25-17-8-4-5-9-18(17)26-19/h4-5,8-9H,2-3,6-7,10-15H2,1H3,(H,24,31)(H,25,26)(H,28,30). The normalized spacial score (nSPS) is 15.9. The number of amides is 2. The molecule has 0 spiro atoms. The number of aromatic nitrogens is 4. The molecule has 1 aliphatic rings. The minimum atomic E-state index is -0.571. The Labute approximate surface area is 186 Å². The molecular weight excluding hydrogens is 408 g/mol. The number of para-hydroxylation sites is 2. The number of carbonyl (C=O) groups excluding carboxylic acids is 2. The van der Waals surface area contributed by atoms with Crippen molar-refractivity contribution < 1.29 is 14.1 Å². The lowest BCUT2D eigenvalue weighted by atomic mass is 9.89. The maximum atomic E-state index is 12.3. The Hall–Kier alpha value is -3.23. The van der Waals surface area contributed by atoms with E-state index >= 15 is 0 Å². The van der Waals surface area contributed by atoms with Crippen molar-refractivity contribution in [1.29, 1.82) is 0 Å². The minimum Gasteiger partial charge on any atom is -0.356 e. The van der Waals surface area contributed by atoms with Crippen LogP contribution in [0.1, 0.15) is 69.4 Å². The van der Waals surface area contributed by atoms with Gasteiger partial charge in [-0.2, -0.15) is 4.98 Å². The highest BCUT2D eigenvalue weighted by Crippen LogP contribution is 2.34. The Balaban J connectivity index is 1.28. The molecule has 0 aliphatic heterocycles. The molecule has 0 radical (unpaired) electrons. The molecular formula is C23H30N6O3. The van der Waals surface area contributed by atoms with Crippen molar-refractivity contribution in [3.63, 3.8) is 0 Å². The van der Waals surface area contributed by atoms with E-state index in [1.807, 2.05) is 24.3 Å². The van der Waals surface area contributed by atoms with E-state index in [-0.39, 0.29) is 18.2 Å². The lowest BCUT2D eigenvalue weighted by Gasteiger charge is -2.30. The number of nitrogens with zero attached hydrogens (tertiary/aromatic N) is 3. The van der Waals surface area contributed by atoms with Crippen molar-refractivity contribution in [1.82, 2.24) is 30.7 Å². The summed E-state index contributed by atoms with van der Waals surface area (Å²) in [5.74, 6) is 1.62. The van der Waals surface area contributed by atoms with Crippen LogP contribution in [0.3, 0.4) is 0 Å². The van der Waals surface area contributed by atoms with Gasteiger partial charge in [0, 0.05) is 32.7 Å². The van der Waals surface area contributed by atoms with Crippen LogP contribution in [0.4, 0.5) is 0 Å². The third-order valence-electron chi connectivity index (χ3n) is 5.96. The van der Waals surface area contributed by atoms with Crippen molar-refractivity contribution >= 4 is 22.8 Å². The van der Waals surface area contributed by atoms with E-state index in [1.165, 1.54) is 6.92 Å². The number of hydrogen-bond donors (Lipinski definition) is 3. The van der Waals surface area contributed by atoms with E-state index < -0.39 is 5.54 Å². The second-order valence-electron chi connectivity index (χ2n) is 8.49. The van der Waals surface area contributed by atoms with Gasteiger partial charge in [-0.15, -0.1) is 0 Å². The third kappa shape index (κ3) is 5.33. The second kappa shape index (κ2) is 9.93. The Bertz CT molecular complexity index is 1030. The highest BCUT2D eigenvalue weighted by atomic mass is 16.5. The first kappa shape index (κ1) is 22.0. The molecule has 170 valence electrons. The summed E-state index contributed by atoms with van der Waals surface area (Å²) < 4.78 is 5.42. The Morgan fingerprint density at radius 2 is 1.88 bits per heavy atom. The predicted molar refractivity (Wildman–Crippen MR) is 119 cm³/mol. The summed E-state index contributed by atoms with van der Waals surface area (Å²) in [7, 11) is 0. The van der Waals surface area contributed by atoms with Gasteiger partial charge in [0.05, 0.1) is 11.0 Å². The first-order valence-electron chi connectivity index (χ1n) is 11.4. The molecule has 2 heterocycles.